The van der Waals surface area contributed by atoms with E-state index in [0.717, 1.165) is 22.4 Å². The second kappa shape index (κ2) is 3.01. The van der Waals surface area contributed by atoms with Gasteiger partial charge in [-0.2, -0.15) is 0 Å². The van der Waals surface area contributed by atoms with Crippen LogP contribution in [0.1, 0.15) is 17.4 Å². The second-order valence-corrected chi connectivity index (χ2v) is 3.91. The fourth-order valence-corrected chi connectivity index (χ4v) is 2.06. The third kappa shape index (κ3) is 1.13. The van der Waals surface area contributed by atoms with Crippen molar-refractivity contribution in [3.05, 3.63) is 23.9 Å². The standard InChI is InChI=1S/C12H11NO3/c1-7(14)9-3-8-4-11-12(16-6-15-11)5-10(8)13(9)2/h3-5H,6H2,1-2H3. The largest absolute Gasteiger partial charge is 0.454 e. The number of ketones is 1. The van der Waals surface area contributed by atoms with Gasteiger partial charge >= 0.3 is 0 Å². The molecule has 16 heavy (non-hydrogen) atoms. The van der Waals surface area contributed by atoms with Crippen molar-refractivity contribution in [1.29, 1.82) is 0 Å². The molecule has 0 fully saturated rings. The van der Waals surface area contributed by atoms with E-state index >= 15 is 0 Å². The number of benzene rings is 1. The summed E-state index contributed by atoms with van der Waals surface area (Å²) >= 11 is 0. The highest BCUT2D eigenvalue weighted by atomic mass is 16.7. The van der Waals surface area contributed by atoms with Crippen molar-refractivity contribution in [3.8, 4) is 11.5 Å². The van der Waals surface area contributed by atoms with E-state index in [-0.39, 0.29) is 12.6 Å². The fraction of sp³-hybridized carbons (Fsp3) is 0.250. The van der Waals surface area contributed by atoms with Gasteiger partial charge in [0.2, 0.25) is 6.79 Å². The lowest BCUT2D eigenvalue weighted by Gasteiger charge is -2.01. The van der Waals surface area contributed by atoms with Crippen LogP contribution in [0.5, 0.6) is 11.5 Å². The van der Waals surface area contributed by atoms with Gasteiger partial charge in [-0.25, -0.2) is 0 Å². The average molecular weight is 217 g/mol. The van der Waals surface area contributed by atoms with Crippen molar-refractivity contribution in [3.63, 3.8) is 0 Å². The lowest BCUT2D eigenvalue weighted by molar-refractivity contribution is 0.101. The molecule has 0 N–H and O–H groups in total. The van der Waals surface area contributed by atoms with Crippen LogP contribution in [-0.4, -0.2) is 17.1 Å². The minimum atomic E-state index is 0.0562. The first kappa shape index (κ1) is 9.27. The van der Waals surface area contributed by atoms with Gasteiger partial charge in [-0.15, -0.1) is 0 Å². The van der Waals surface area contributed by atoms with Gasteiger partial charge in [-0.05, 0) is 12.1 Å². The van der Waals surface area contributed by atoms with Gasteiger partial charge in [0.25, 0.3) is 0 Å². The Hall–Kier alpha value is -1.97. The Morgan fingerprint density at radius 1 is 1.25 bits per heavy atom. The van der Waals surface area contributed by atoms with Crippen LogP contribution in [0.3, 0.4) is 0 Å². The normalized spacial score (nSPS) is 13.4. The van der Waals surface area contributed by atoms with Crippen LogP contribution in [0.25, 0.3) is 10.9 Å². The van der Waals surface area contributed by atoms with E-state index in [0.29, 0.717) is 5.69 Å². The maximum absolute atomic E-state index is 11.4. The van der Waals surface area contributed by atoms with Crippen molar-refractivity contribution in [2.75, 3.05) is 6.79 Å². The van der Waals surface area contributed by atoms with Crippen LogP contribution in [0.15, 0.2) is 18.2 Å². The van der Waals surface area contributed by atoms with E-state index in [1.165, 1.54) is 0 Å². The number of rotatable bonds is 1. The van der Waals surface area contributed by atoms with Crippen LogP contribution in [-0.2, 0) is 7.05 Å². The summed E-state index contributed by atoms with van der Waals surface area (Å²) in [6.45, 7) is 1.83. The van der Waals surface area contributed by atoms with Gasteiger partial charge in [0.1, 0.15) is 0 Å². The average Bonchev–Trinajstić information content (AvgIpc) is 2.80. The van der Waals surface area contributed by atoms with Crippen LogP contribution < -0.4 is 9.47 Å². The molecule has 0 saturated heterocycles. The van der Waals surface area contributed by atoms with Crippen molar-refractivity contribution in [1.82, 2.24) is 4.57 Å². The molecule has 1 aliphatic heterocycles. The third-order valence-electron chi connectivity index (χ3n) is 2.90. The summed E-state index contributed by atoms with van der Waals surface area (Å²) in [5.74, 6) is 1.54. The summed E-state index contributed by atoms with van der Waals surface area (Å²) in [6.07, 6.45) is 0. The summed E-state index contributed by atoms with van der Waals surface area (Å²) in [5.41, 5.74) is 1.67. The summed E-state index contributed by atoms with van der Waals surface area (Å²) in [6, 6.07) is 5.69. The predicted molar refractivity (Wildman–Crippen MR) is 59.0 cm³/mol. The van der Waals surface area contributed by atoms with Gasteiger partial charge in [-0.3, -0.25) is 4.79 Å². The highest BCUT2D eigenvalue weighted by molar-refractivity contribution is 5.99. The fourth-order valence-electron chi connectivity index (χ4n) is 2.06. The SMILES string of the molecule is CC(=O)c1cc2cc3c(cc2n1C)OCO3. The molecule has 0 bridgehead atoms. The number of nitrogens with zero attached hydrogens (tertiary/aromatic N) is 1. The quantitative estimate of drug-likeness (QED) is 0.687. The molecule has 3 rings (SSSR count). The maximum Gasteiger partial charge on any atom is 0.231 e. The zero-order valence-corrected chi connectivity index (χ0v) is 9.11. The first-order chi connectivity index (χ1) is 7.66. The molecule has 1 aromatic carbocycles. The van der Waals surface area contributed by atoms with E-state index in [1.807, 2.05) is 29.8 Å². The maximum atomic E-state index is 11.4. The molecule has 2 aromatic rings. The van der Waals surface area contributed by atoms with Gasteiger partial charge in [0.05, 0.1) is 11.2 Å². The molecule has 4 heteroatoms. The number of hydrogen-bond acceptors (Lipinski definition) is 3. The topological polar surface area (TPSA) is 40.5 Å². The number of hydrogen-bond donors (Lipinski definition) is 0. The Kier molecular flexibility index (Phi) is 1.74. The van der Waals surface area contributed by atoms with Gasteiger partial charge in [0.15, 0.2) is 17.3 Å². The molecule has 0 amide bonds. The van der Waals surface area contributed by atoms with Gasteiger partial charge < -0.3 is 14.0 Å². The first-order valence-corrected chi connectivity index (χ1v) is 5.07. The number of aryl methyl sites for hydroxylation is 1. The van der Waals surface area contributed by atoms with E-state index in [4.69, 9.17) is 9.47 Å². The molecular weight excluding hydrogens is 206 g/mol. The summed E-state index contributed by atoms with van der Waals surface area (Å²) in [4.78, 5) is 11.4. The zero-order valence-electron chi connectivity index (χ0n) is 9.11. The number of Topliss-reactive ketones (excluding diaryl/α,β-unsaturated/α-hetero) is 1. The highest BCUT2D eigenvalue weighted by Gasteiger charge is 2.17. The molecule has 4 nitrogen and oxygen atoms in total. The van der Waals surface area contributed by atoms with Crippen molar-refractivity contribution in [2.45, 2.75) is 6.92 Å². The molecule has 1 aliphatic rings. The van der Waals surface area contributed by atoms with Gasteiger partial charge in [-0.1, -0.05) is 0 Å². The summed E-state index contributed by atoms with van der Waals surface area (Å²) in [7, 11) is 1.88. The Bertz CT molecular complexity index is 598. The highest BCUT2D eigenvalue weighted by Crippen LogP contribution is 2.36. The van der Waals surface area contributed by atoms with Crippen LogP contribution in [0.2, 0.25) is 0 Å². The van der Waals surface area contributed by atoms with E-state index in [1.54, 1.807) is 6.92 Å². The second-order valence-electron chi connectivity index (χ2n) is 3.91. The van der Waals surface area contributed by atoms with Crippen LogP contribution in [0, 0.1) is 0 Å². The van der Waals surface area contributed by atoms with E-state index in [2.05, 4.69) is 0 Å². The number of ether oxygens (including phenoxy) is 2. The number of fused-ring (bicyclic) bond motifs is 2. The predicted octanol–water partition coefficient (Wildman–Crippen LogP) is 2.11. The number of carbonyl (C=O) groups excluding carboxylic acids is 1. The van der Waals surface area contributed by atoms with Crippen molar-refractivity contribution in [2.24, 2.45) is 7.05 Å². The van der Waals surface area contributed by atoms with Gasteiger partial charge in [0, 0.05) is 25.4 Å². The Morgan fingerprint density at radius 3 is 2.62 bits per heavy atom. The minimum absolute atomic E-state index is 0.0562. The summed E-state index contributed by atoms with van der Waals surface area (Å²) < 4.78 is 12.5. The molecule has 0 aliphatic carbocycles. The number of carbonyl (C=O) groups is 1. The Balaban J connectivity index is 2.32. The van der Waals surface area contributed by atoms with E-state index in [9.17, 15) is 4.79 Å². The monoisotopic (exact) mass is 217 g/mol. The Morgan fingerprint density at radius 2 is 1.94 bits per heavy atom. The zero-order chi connectivity index (χ0) is 11.3. The summed E-state index contributed by atoms with van der Waals surface area (Å²) in [5, 5.41) is 0.997. The lowest BCUT2D eigenvalue weighted by atomic mass is 10.2. The molecule has 0 unspecified atom stereocenters. The van der Waals surface area contributed by atoms with Crippen LogP contribution in [0.4, 0.5) is 0 Å². The molecule has 82 valence electrons. The lowest BCUT2D eigenvalue weighted by Crippen LogP contribution is -2.00. The molecule has 1 aromatic heterocycles. The van der Waals surface area contributed by atoms with E-state index < -0.39 is 0 Å². The molecular formula is C12H11NO3. The Labute approximate surface area is 92.4 Å². The minimum Gasteiger partial charge on any atom is -0.454 e. The third-order valence-corrected chi connectivity index (χ3v) is 2.90. The molecule has 0 radical (unpaired) electrons. The molecule has 2 heterocycles. The van der Waals surface area contributed by atoms with Crippen LogP contribution >= 0.6 is 0 Å². The smallest absolute Gasteiger partial charge is 0.231 e. The van der Waals surface area contributed by atoms with Crippen molar-refractivity contribution < 1.29 is 14.3 Å². The first-order valence-electron chi connectivity index (χ1n) is 5.07. The molecule has 0 atom stereocenters. The van der Waals surface area contributed by atoms with Crippen molar-refractivity contribution >= 4 is 16.7 Å². The molecule has 0 spiro atoms. The number of aromatic nitrogens is 1. The molecule has 0 saturated carbocycles.